The maximum atomic E-state index is 11.6. The Kier molecular flexibility index (Phi) is 2.36. The Morgan fingerprint density at radius 3 is 2.73 bits per heavy atom. The van der Waals surface area contributed by atoms with Gasteiger partial charge in [-0.3, -0.25) is 4.79 Å². The zero-order valence-corrected chi connectivity index (χ0v) is 7.81. The van der Waals surface area contributed by atoms with Crippen LogP contribution in [-0.4, -0.2) is 5.78 Å². The molecule has 0 radical (unpaired) electrons. The minimum absolute atomic E-state index is 0.0203. The van der Waals surface area contributed by atoms with E-state index >= 15 is 0 Å². The zero-order chi connectivity index (χ0) is 8.48. The van der Waals surface area contributed by atoms with Gasteiger partial charge in [-0.1, -0.05) is 20.8 Å². The fourth-order valence-electron chi connectivity index (χ4n) is 1.74. The molecule has 0 unspecified atom stereocenters. The summed E-state index contributed by atoms with van der Waals surface area (Å²) in [7, 11) is 0. The number of carbonyl (C=O) groups excluding carboxylic acids is 1. The molecule has 0 aliphatic heterocycles. The van der Waals surface area contributed by atoms with Crippen LogP contribution in [0.15, 0.2) is 0 Å². The van der Waals surface area contributed by atoms with Crippen LogP contribution in [0.5, 0.6) is 0 Å². The molecule has 0 heterocycles. The molecule has 0 aromatic heterocycles. The van der Waals surface area contributed by atoms with Crippen molar-refractivity contribution in [1.29, 1.82) is 0 Å². The first-order valence-corrected chi connectivity index (χ1v) is 4.62. The molecular formula is C10H18O. The van der Waals surface area contributed by atoms with Gasteiger partial charge in [-0.25, -0.2) is 0 Å². The fraction of sp³-hybridized carbons (Fsp3) is 0.900. The number of Topliss-reactive ketones (excluding diaryl/α,β-unsaturated/α-hetero) is 1. The van der Waals surface area contributed by atoms with Crippen LogP contribution in [0.3, 0.4) is 0 Å². The lowest BCUT2D eigenvalue weighted by Crippen LogP contribution is -2.33. The highest BCUT2D eigenvalue weighted by Crippen LogP contribution is 2.37. The molecule has 1 aliphatic carbocycles. The Morgan fingerprint density at radius 2 is 2.27 bits per heavy atom. The van der Waals surface area contributed by atoms with Crippen LogP contribution in [0.4, 0.5) is 0 Å². The minimum atomic E-state index is 0.0203. The summed E-state index contributed by atoms with van der Waals surface area (Å²) in [6.45, 7) is 6.40. The van der Waals surface area contributed by atoms with Crippen molar-refractivity contribution in [3.8, 4) is 0 Å². The second-order valence-corrected chi connectivity index (χ2v) is 4.19. The van der Waals surface area contributed by atoms with E-state index in [2.05, 4.69) is 20.8 Å². The second kappa shape index (κ2) is 2.96. The molecule has 0 aromatic rings. The molecule has 1 rings (SSSR count). The molecule has 1 fully saturated rings. The van der Waals surface area contributed by atoms with E-state index in [1.54, 1.807) is 0 Å². The van der Waals surface area contributed by atoms with Crippen molar-refractivity contribution >= 4 is 5.78 Å². The fourth-order valence-corrected chi connectivity index (χ4v) is 1.74. The van der Waals surface area contributed by atoms with E-state index in [9.17, 15) is 4.79 Å². The molecule has 1 aliphatic rings. The number of hydrogen-bond acceptors (Lipinski definition) is 1. The third-order valence-corrected chi connectivity index (χ3v) is 3.18. The molecule has 0 amide bonds. The summed E-state index contributed by atoms with van der Waals surface area (Å²) >= 11 is 0. The second-order valence-electron chi connectivity index (χ2n) is 4.19. The van der Waals surface area contributed by atoms with Crippen molar-refractivity contribution in [1.82, 2.24) is 0 Å². The van der Waals surface area contributed by atoms with Gasteiger partial charge in [0.2, 0.25) is 0 Å². The van der Waals surface area contributed by atoms with Crippen LogP contribution in [0.1, 0.15) is 46.5 Å². The summed E-state index contributed by atoms with van der Waals surface area (Å²) in [5.41, 5.74) is 0.0203. The summed E-state index contributed by atoms with van der Waals surface area (Å²) in [6, 6.07) is 0. The first-order valence-electron chi connectivity index (χ1n) is 4.62. The topological polar surface area (TPSA) is 17.1 Å². The van der Waals surface area contributed by atoms with E-state index in [4.69, 9.17) is 0 Å². The highest BCUT2D eigenvalue weighted by atomic mass is 16.1. The van der Waals surface area contributed by atoms with Crippen molar-refractivity contribution in [3.63, 3.8) is 0 Å². The van der Waals surface area contributed by atoms with Gasteiger partial charge < -0.3 is 0 Å². The molecule has 0 bridgehead atoms. The third kappa shape index (κ3) is 1.63. The number of hydrogen-bond donors (Lipinski definition) is 0. The molecule has 11 heavy (non-hydrogen) atoms. The summed E-state index contributed by atoms with van der Waals surface area (Å²) < 4.78 is 0. The summed E-state index contributed by atoms with van der Waals surface area (Å²) in [5, 5.41) is 0. The molecule has 0 aromatic carbocycles. The van der Waals surface area contributed by atoms with E-state index in [-0.39, 0.29) is 5.41 Å². The van der Waals surface area contributed by atoms with Crippen molar-refractivity contribution in [2.45, 2.75) is 46.5 Å². The smallest absolute Gasteiger partial charge is 0.139 e. The lowest BCUT2D eigenvalue weighted by molar-refractivity contribution is -0.131. The van der Waals surface area contributed by atoms with Crippen LogP contribution < -0.4 is 0 Å². The Bertz CT molecular complexity index is 162. The predicted molar refractivity (Wildman–Crippen MR) is 46.4 cm³/mol. The monoisotopic (exact) mass is 154 g/mol. The van der Waals surface area contributed by atoms with Crippen molar-refractivity contribution in [2.24, 2.45) is 11.3 Å². The lowest BCUT2D eigenvalue weighted by atomic mass is 9.70. The van der Waals surface area contributed by atoms with Crippen LogP contribution in [0.2, 0.25) is 0 Å². The van der Waals surface area contributed by atoms with Crippen LogP contribution in [-0.2, 0) is 4.79 Å². The molecule has 1 saturated carbocycles. The van der Waals surface area contributed by atoms with E-state index in [1.165, 1.54) is 6.42 Å². The number of carbonyl (C=O) groups is 1. The van der Waals surface area contributed by atoms with Gasteiger partial charge >= 0.3 is 0 Å². The first kappa shape index (κ1) is 8.76. The van der Waals surface area contributed by atoms with E-state index in [0.717, 1.165) is 19.3 Å². The Labute approximate surface area is 69.2 Å². The lowest BCUT2D eigenvalue weighted by Gasteiger charge is -2.33. The largest absolute Gasteiger partial charge is 0.299 e. The average molecular weight is 154 g/mol. The highest BCUT2D eigenvalue weighted by Gasteiger charge is 2.35. The van der Waals surface area contributed by atoms with Gasteiger partial charge in [0.05, 0.1) is 0 Å². The molecule has 2 atom stereocenters. The van der Waals surface area contributed by atoms with Crippen molar-refractivity contribution in [3.05, 3.63) is 0 Å². The molecule has 0 spiro atoms. The zero-order valence-electron chi connectivity index (χ0n) is 7.81. The van der Waals surface area contributed by atoms with E-state index in [1.807, 2.05) is 0 Å². The van der Waals surface area contributed by atoms with Gasteiger partial charge in [0.15, 0.2) is 0 Å². The summed E-state index contributed by atoms with van der Waals surface area (Å²) in [4.78, 5) is 11.6. The third-order valence-electron chi connectivity index (χ3n) is 3.18. The van der Waals surface area contributed by atoms with Gasteiger partial charge in [-0.2, -0.15) is 0 Å². The first-order chi connectivity index (χ1) is 5.08. The summed E-state index contributed by atoms with van der Waals surface area (Å²) in [5.74, 6) is 1.11. The normalized spacial score (nSPS) is 39.2. The average Bonchev–Trinajstić information content (AvgIpc) is 1.98. The van der Waals surface area contributed by atoms with Crippen molar-refractivity contribution < 1.29 is 4.79 Å². The highest BCUT2D eigenvalue weighted by molar-refractivity contribution is 5.85. The number of rotatable bonds is 1. The Morgan fingerprint density at radius 1 is 1.64 bits per heavy atom. The van der Waals surface area contributed by atoms with Crippen LogP contribution >= 0.6 is 0 Å². The molecular weight excluding hydrogens is 136 g/mol. The van der Waals surface area contributed by atoms with Gasteiger partial charge in [0, 0.05) is 11.8 Å². The van der Waals surface area contributed by atoms with Crippen LogP contribution in [0, 0.1) is 11.3 Å². The molecule has 1 nitrogen and oxygen atoms in total. The Balaban J connectivity index is 2.64. The SMILES string of the molecule is CC[C@@]1(C)CC[C@@H](C)CC1=O. The van der Waals surface area contributed by atoms with E-state index in [0.29, 0.717) is 11.7 Å². The van der Waals surface area contributed by atoms with Gasteiger partial charge in [0.1, 0.15) is 5.78 Å². The van der Waals surface area contributed by atoms with Gasteiger partial charge in [-0.05, 0) is 25.2 Å². The predicted octanol–water partition coefficient (Wildman–Crippen LogP) is 2.79. The Hall–Kier alpha value is -0.330. The minimum Gasteiger partial charge on any atom is -0.299 e. The van der Waals surface area contributed by atoms with E-state index < -0.39 is 0 Å². The molecule has 0 saturated heterocycles. The summed E-state index contributed by atoms with van der Waals surface area (Å²) in [6.07, 6.45) is 4.16. The standard InChI is InChI=1S/C10H18O/c1-4-10(3)6-5-8(2)7-9(10)11/h8H,4-7H2,1-3H3/t8-,10+/m1/s1. The molecule has 64 valence electrons. The molecule has 1 heteroatoms. The molecule has 0 N–H and O–H groups in total. The quantitative estimate of drug-likeness (QED) is 0.567. The van der Waals surface area contributed by atoms with Gasteiger partial charge in [-0.15, -0.1) is 0 Å². The maximum Gasteiger partial charge on any atom is 0.139 e. The van der Waals surface area contributed by atoms with Crippen molar-refractivity contribution in [2.75, 3.05) is 0 Å². The maximum absolute atomic E-state index is 11.6. The van der Waals surface area contributed by atoms with Crippen LogP contribution in [0.25, 0.3) is 0 Å². The van der Waals surface area contributed by atoms with Gasteiger partial charge in [0.25, 0.3) is 0 Å². The number of ketones is 1.